The first-order valence-corrected chi connectivity index (χ1v) is 13.0. The summed E-state index contributed by atoms with van der Waals surface area (Å²) in [5.74, 6) is -1.25. The number of hydrogen-bond donors (Lipinski definition) is 3. The lowest BCUT2D eigenvalue weighted by Crippen LogP contribution is -2.41. The number of carbonyl (C=O) groups is 3. The van der Waals surface area contributed by atoms with E-state index in [0.29, 0.717) is 18.4 Å². The molecule has 2 aromatic rings. The van der Waals surface area contributed by atoms with Crippen LogP contribution in [-0.4, -0.2) is 56.5 Å². The van der Waals surface area contributed by atoms with Crippen molar-refractivity contribution in [3.05, 3.63) is 46.9 Å². The van der Waals surface area contributed by atoms with E-state index < -0.39 is 46.2 Å². The summed E-state index contributed by atoms with van der Waals surface area (Å²) in [7, 11) is -3.82. The summed E-state index contributed by atoms with van der Waals surface area (Å²) in [6.45, 7) is 4.99. The highest BCUT2D eigenvalue weighted by atomic mass is 32.2. The molecule has 2 aromatic carbocycles. The Balaban J connectivity index is 1.50. The van der Waals surface area contributed by atoms with Gasteiger partial charge in [0.25, 0.3) is 0 Å². The first-order chi connectivity index (χ1) is 16.9. The number of carboxylic acid groups (broad SMARTS) is 1. The molecule has 0 saturated heterocycles. The van der Waals surface area contributed by atoms with Crippen LogP contribution in [0.15, 0.2) is 46.2 Å². The van der Waals surface area contributed by atoms with Crippen molar-refractivity contribution in [2.75, 3.05) is 13.2 Å². The van der Waals surface area contributed by atoms with E-state index in [9.17, 15) is 27.9 Å². The molecule has 0 fully saturated rings. The van der Waals surface area contributed by atoms with Crippen LogP contribution >= 0.6 is 0 Å². The van der Waals surface area contributed by atoms with Crippen LogP contribution in [0.2, 0.25) is 0 Å². The van der Waals surface area contributed by atoms with E-state index in [1.54, 1.807) is 26.8 Å². The monoisotopic (exact) mass is 518 g/mol. The molecule has 3 N–H and O–H groups in total. The summed E-state index contributed by atoms with van der Waals surface area (Å²) < 4.78 is 35.9. The van der Waals surface area contributed by atoms with Crippen LogP contribution < -0.4 is 10.6 Å². The van der Waals surface area contributed by atoms with E-state index in [-0.39, 0.29) is 22.8 Å². The second kappa shape index (κ2) is 11.0. The quantitative estimate of drug-likeness (QED) is 0.424. The lowest BCUT2D eigenvalue weighted by molar-refractivity contribution is -0.139. The highest BCUT2D eigenvalue weighted by molar-refractivity contribution is 7.95. The van der Waals surface area contributed by atoms with Crippen LogP contribution in [0, 0.1) is 0 Å². The molecule has 1 heterocycles. The summed E-state index contributed by atoms with van der Waals surface area (Å²) in [5.41, 5.74) is -0.0803. The third-order valence-electron chi connectivity index (χ3n) is 5.39. The summed E-state index contributed by atoms with van der Waals surface area (Å²) in [6, 6.07) is 9.37. The topological polar surface area (TPSA) is 148 Å². The van der Waals surface area contributed by atoms with Gasteiger partial charge in [-0.1, -0.05) is 30.3 Å². The zero-order valence-corrected chi connectivity index (χ0v) is 21.2. The van der Waals surface area contributed by atoms with Crippen LogP contribution in [-0.2, 0) is 24.1 Å². The van der Waals surface area contributed by atoms with Crippen molar-refractivity contribution in [1.82, 2.24) is 10.6 Å². The summed E-state index contributed by atoms with van der Waals surface area (Å²) in [5, 5.41) is 15.9. The zero-order chi connectivity index (χ0) is 26.5. The van der Waals surface area contributed by atoms with Crippen molar-refractivity contribution in [2.24, 2.45) is 0 Å². The molecule has 0 aliphatic carbocycles. The smallest absolute Gasteiger partial charge is 0.408 e. The Kier molecular flexibility index (Phi) is 8.24. The van der Waals surface area contributed by atoms with Gasteiger partial charge in [-0.3, -0.25) is 0 Å². The number of alkyl carbamates (subject to hydrolysis) is 2. The van der Waals surface area contributed by atoms with Gasteiger partial charge in [0.2, 0.25) is 9.84 Å². The number of rotatable bonds is 9. The average Bonchev–Trinajstić information content (AvgIpc) is 3.05. The Hall–Kier alpha value is -3.60. The van der Waals surface area contributed by atoms with E-state index in [2.05, 4.69) is 10.6 Å². The number of hydrogen-bond acceptors (Lipinski definition) is 7. The fourth-order valence-electron chi connectivity index (χ4n) is 3.71. The van der Waals surface area contributed by atoms with E-state index >= 15 is 0 Å². The minimum Gasteiger partial charge on any atom is -0.480 e. The third kappa shape index (κ3) is 6.75. The minimum absolute atomic E-state index is 0.0795. The minimum atomic E-state index is -3.82. The lowest BCUT2D eigenvalue weighted by atomic mass is 10.0. The van der Waals surface area contributed by atoms with Crippen LogP contribution in [0.5, 0.6) is 0 Å². The number of unbranched alkanes of at least 4 members (excludes halogenated alkanes) is 1. The van der Waals surface area contributed by atoms with Crippen molar-refractivity contribution in [2.45, 2.75) is 56.6 Å². The van der Waals surface area contributed by atoms with Gasteiger partial charge in [0, 0.05) is 12.1 Å². The Labute approximate surface area is 209 Å². The van der Waals surface area contributed by atoms with Gasteiger partial charge in [-0.05, 0) is 62.9 Å². The van der Waals surface area contributed by atoms with Crippen molar-refractivity contribution in [1.29, 1.82) is 0 Å². The average molecular weight is 519 g/mol. The van der Waals surface area contributed by atoms with Gasteiger partial charge >= 0.3 is 18.2 Å². The predicted octanol–water partition coefficient (Wildman–Crippen LogP) is 3.84. The zero-order valence-electron chi connectivity index (χ0n) is 20.4. The molecule has 1 aliphatic rings. The largest absolute Gasteiger partial charge is 0.480 e. The molecule has 1 atom stereocenters. The van der Waals surface area contributed by atoms with Gasteiger partial charge in [0.1, 0.15) is 18.2 Å². The third-order valence-corrected chi connectivity index (χ3v) is 7.26. The summed E-state index contributed by atoms with van der Waals surface area (Å²) in [4.78, 5) is 35.4. The molecule has 0 unspecified atom stereocenters. The van der Waals surface area contributed by atoms with Gasteiger partial charge in [-0.15, -0.1) is 0 Å². The van der Waals surface area contributed by atoms with Crippen molar-refractivity contribution in [3.63, 3.8) is 0 Å². The van der Waals surface area contributed by atoms with Crippen LogP contribution in [0.4, 0.5) is 9.59 Å². The van der Waals surface area contributed by atoms with Crippen molar-refractivity contribution >= 4 is 44.8 Å². The molecule has 194 valence electrons. The van der Waals surface area contributed by atoms with Gasteiger partial charge < -0.3 is 25.2 Å². The maximum absolute atomic E-state index is 12.9. The second-order valence-electron chi connectivity index (χ2n) is 9.35. The van der Waals surface area contributed by atoms with E-state index in [1.165, 1.54) is 12.1 Å². The Morgan fingerprint density at radius 2 is 1.75 bits per heavy atom. The Bertz CT molecular complexity index is 1290. The highest BCUT2D eigenvalue weighted by Crippen LogP contribution is 2.37. The standard InChI is InChI=1S/C25H30N2O8S/c1-25(2,3)35-23(30)26-13-7-6-10-20(22(28)29)27-24(31)34-15-17-14-19-18-9-5-4-8-16(18)11-12-21(19)36(17,32)33/h4-5,8-9,11-12,14,20H,6-7,10,13,15H2,1-3H3,(H,26,30)(H,27,31)(H,28,29)/t20-/m0/s1. The molecular formula is C25H30N2O8S. The van der Waals surface area contributed by atoms with Crippen LogP contribution in [0.1, 0.15) is 45.6 Å². The molecule has 10 nitrogen and oxygen atoms in total. The van der Waals surface area contributed by atoms with Crippen molar-refractivity contribution in [3.8, 4) is 0 Å². The number of sulfone groups is 1. The first-order valence-electron chi connectivity index (χ1n) is 11.5. The number of carboxylic acids is 1. The normalized spacial score (nSPS) is 14.9. The number of benzene rings is 2. The van der Waals surface area contributed by atoms with Gasteiger partial charge in [-0.25, -0.2) is 22.8 Å². The number of amides is 2. The summed E-state index contributed by atoms with van der Waals surface area (Å²) >= 11 is 0. The number of carbonyl (C=O) groups excluding carboxylic acids is 2. The molecule has 0 radical (unpaired) electrons. The maximum atomic E-state index is 12.9. The Morgan fingerprint density at radius 3 is 2.44 bits per heavy atom. The molecule has 11 heteroatoms. The van der Waals surface area contributed by atoms with Gasteiger partial charge in [-0.2, -0.15) is 0 Å². The fraction of sp³-hybridized carbons (Fsp3) is 0.400. The molecule has 36 heavy (non-hydrogen) atoms. The molecule has 0 spiro atoms. The molecule has 2 amide bonds. The molecule has 3 rings (SSSR count). The molecule has 0 bridgehead atoms. The van der Waals surface area contributed by atoms with Crippen molar-refractivity contribution < 1.29 is 37.4 Å². The molecule has 1 aliphatic heterocycles. The van der Waals surface area contributed by atoms with E-state index in [4.69, 9.17) is 9.47 Å². The van der Waals surface area contributed by atoms with Crippen LogP contribution in [0.3, 0.4) is 0 Å². The fourth-order valence-corrected chi connectivity index (χ4v) is 5.19. The van der Waals surface area contributed by atoms with E-state index in [0.717, 1.165) is 10.8 Å². The summed E-state index contributed by atoms with van der Waals surface area (Å²) in [6.07, 6.45) is 0.842. The molecule has 0 saturated carbocycles. The lowest BCUT2D eigenvalue weighted by Gasteiger charge is -2.19. The number of fused-ring (bicyclic) bond motifs is 3. The Morgan fingerprint density at radius 1 is 1.03 bits per heavy atom. The van der Waals surface area contributed by atoms with E-state index in [1.807, 2.05) is 24.3 Å². The number of nitrogens with one attached hydrogen (secondary N) is 2. The predicted molar refractivity (Wildman–Crippen MR) is 133 cm³/mol. The first kappa shape index (κ1) is 27.0. The molecule has 0 aromatic heterocycles. The SMILES string of the molecule is CC(C)(C)OC(=O)NCCCC[C@H](NC(=O)OCC1=Cc2c(ccc3ccccc23)S1(=O)=O)C(=O)O. The second-order valence-corrected chi connectivity index (χ2v) is 11.3. The van der Waals surface area contributed by atoms with Gasteiger partial charge in [0.15, 0.2) is 0 Å². The van der Waals surface area contributed by atoms with Crippen LogP contribution in [0.25, 0.3) is 16.8 Å². The maximum Gasteiger partial charge on any atom is 0.408 e. The highest BCUT2D eigenvalue weighted by Gasteiger charge is 2.32. The van der Waals surface area contributed by atoms with Gasteiger partial charge in [0.05, 0.1) is 9.80 Å². The number of ether oxygens (including phenoxy) is 2. The molecular weight excluding hydrogens is 488 g/mol. The number of aliphatic carboxylic acids is 1.